The minimum absolute atomic E-state index is 0.0802. The minimum Gasteiger partial charge on any atom is -0.339 e. The normalized spacial score (nSPS) is 13.9. The highest BCUT2D eigenvalue weighted by Crippen LogP contribution is 2.35. The first-order chi connectivity index (χ1) is 13.7. The molecule has 0 bridgehead atoms. The molecule has 1 fully saturated rings. The molecule has 28 heavy (non-hydrogen) atoms. The van der Waals surface area contributed by atoms with E-state index in [1.165, 1.54) is 11.1 Å². The van der Waals surface area contributed by atoms with Crippen molar-refractivity contribution < 1.29 is 4.79 Å². The van der Waals surface area contributed by atoms with Gasteiger partial charge >= 0.3 is 0 Å². The lowest BCUT2D eigenvalue weighted by molar-refractivity contribution is 0.0773. The molecule has 0 saturated carbocycles. The molecule has 1 amide bonds. The maximum atomic E-state index is 12.6. The van der Waals surface area contributed by atoms with Crippen molar-refractivity contribution in [1.82, 2.24) is 10.2 Å². The van der Waals surface area contributed by atoms with E-state index in [9.17, 15) is 4.79 Å². The Bertz CT molecular complexity index is 830. The molecule has 148 valence electrons. The van der Waals surface area contributed by atoms with Crippen LogP contribution in [0.2, 0.25) is 0 Å². The lowest BCUT2D eigenvalue weighted by atomic mass is 9.87. The van der Waals surface area contributed by atoms with E-state index in [1.807, 2.05) is 49.1 Å². The van der Waals surface area contributed by atoms with Crippen molar-refractivity contribution in [3.8, 4) is 0 Å². The number of carbonyl (C=O) groups excluding carboxylic acids is 1. The molecule has 0 atom stereocenters. The summed E-state index contributed by atoms with van der Waals surface area (Å²) in [7, 11) is 0. The number of rotatable bonds is 6. The molecular weight excluding hydrogens is 348 g/mol. The molecule has 5 nitrogen and oxygen atoms in total. The zero-order valence-electron chi connectivity index (χ0n) is 16.8. The molecule has 1 heterocycles. The fourth-order valence-corrected chi connectivity index (χ4v) is 3.83. The van der Waals surface area contributed by atoms with E-state index < -0.39 is 0 Å². The fourth-order valence-electron chi connectivity index (χ4n) is 3.83. The molecule has 2 aromatic rings. The van der Waals surface area contributed by atoms with Crippen molar-refractivity contribution in [3.05, 3.63) is 70.8 Å². The van der Waals surface area contributed by atoms with Gasteiger partial charge in [-0.25, -0.2) is 0 Å². The van der Waals surface area contributed by atoms with Gasteiger partial charge in [0.2, 0.25) is 0 Å². The third-order valence-electron chi connectivity index (χ3n) is 5.38. The number of benzene rings is 2. The van der Waals surface area contributed by atoms with Gasteiger partial charge in [0.15, 0.2) is 0 Å². The molecule has 0 unspecified atom stereocenters. The average Bonchev–Trinajstić information content (AvgIpc) is 2.76. The van der Waals surface area contributed by atoms with E-state index >= 15 is 0 Å². The summed E-state index contributed by atoms with van der Waals surface area (Å²) in [6.45, 7) is 7.41. The van der Waals surface area contributed by atoms with Crippen LogP contribution in [0.3, 0.4) is 0 Å². The van der Waals surface area contributed by atoms with Crippen LogP contribution >= 0.6 is 0 Å². The fraction of sp³-hybridized carbons (Fsp3) is 0.348. The lowest BCUT2D eigenvalue weighted by Gasteiger charge is -2.23. The molecule has 0 radical (unpaired) electrons. The number of hydrogen-bond acceptors (Lipinski definition) is 4. The van der Waals surface area contributed by atoms with Gasteiger partial charge in [-0.2, -0.15) is 0 Å². The zero-order chi connectivity index (χ0) is 19.9. The van der Waals surface area contributed by atoms with E-state index in [-0.39, 0.29) is 5.91 Å². The van der Waals surface area contributed by atoms with Crippen LogP contribution in [0.4, 0.5) is 5.69 Å². The van der Waals surface area contributed by atoms with Crippen LogP contribution in [0.25, 0.3) is 5.57 Å². The highest BCUT2D eigenvalue weighted by molar-refractivity contribution is 5.95. The van der Waals surface area contributed by atoms with Crippen LogP contribution < -0.4 is 16.6 Å². The Labute approximate surface area is 167 Å². The van der Waals surface area contributed by atoms with Crippen molar-refractivity contribution in [2.45, 2.75) is 26.7 Å². The predicted octanol–water partition coefficient (Wildman–Crippen LogP) is 3.64. The van der Waals surface area contributed by atoms with Crippen LogP contribution in [0.1, 0.15) is 48.2 Å². The van der Waals surface area contributed by atoms with Gasteiger partial charge in [0.25, 0.3) is 5.91 Å². The maximum absolute atomic E-state index is 12.6. The molecule has 0 aromatic heterocycles. The van der Waals surface area contributed by atoms with E-state index in [1.54, 1.807) is 0 Å². The number of nitrogens with zero attached hydrogens (tertiary/aromatic N) is 1. The number of amides is 1. The van der Waals surface area contributed by atoms with Gasteiger partial charge in [0.05, 0.1) is 5.69 Å². The Morgan fingerprint density at radius 1 is 1.00 bits per heavy atom. The van der Waals surface area contributed by atoms with Crippen LogP contribution in [-0.2, 0) is 0 Å². The second kappa shape index (κ2) is 9.53. The number of nitrogens with one attached hydrogen (secondary N) is 2. The SMILES string of the molecule is CCN(CC)C(=O)c1ccc(C(=C2CCNCC2)c2ccccc2NN)cc1. The molecular formula is C23H30N4O. The van der Waals surface area contributed by atoms with Gasteiger partial charge in [-0.05, 0) is 69.1 Å². The highest BCUT2D eigenvalue weighted by Gasteiger charge is 2.18. The van der Waals surface area contributed by atoms with Crippen LogP contribution in [0, 0.1) is 0 Å². The third kappa shape index (κ3) is 4.26. The molecule has 0 spiro atoms. The average molecular weight is 379 g/mol. The first-order valence-electron chi connectivity index (χ1n) is 10.1. The van der Waals surface area contributed by atoms with Crippen molar-refractivity contribution >= 4 is 17.2 Å². The van der Waals surface area contributed by atoms with Gasteiger partial charge in [-0.15, -0.1) is 0 Å². The topological polar surface area (TPSA) is 70.4 Å². The number of nitrogen functional groups attached to an aromatic ring is 1. The standard InChI is InChI=1S/C23H30N4O/c1-3-27(4-2)23(28)19-11-9-17(10-12-19)22(18-13-15-25-16-14-18)20-7-5-6-8-21(20)26-24/h5-12,25-26H,3-4,13-16,24H2,1-2H3. The number of nitrogens with two attached hydrogens (primary N) is 1. The predicted molar refractivity (Wildman–Crippen MR) is 116 cm³/mol. The summed E-state index contributed by atoms with van der Waals surface area (Å²) in [6.07, 6.45) is 2.02. The quantitative estimate of drug-likeness (QED) is 0.530. The second-order valence-corrected chi connectivity index (χ2v) is 6.97. The highest BCUT2D eigenvalue weighted by atomic mass is 16.2. The summed E-state index contributed by atoms with van der Waals surface area (Å²) in [5.74, 6) is 5.87. The number of para-hydroxylation sites is 1. The van der Waals surface area contributed by atoms with Crippen LogP contribution in [0.5, 0.6) is 0 Å². The molecule has 4 N–H and O–H groups in total. The van der Waals surface area contributed by atoms with Crippen LogP contribution in [0.15, 0.2) is 54.1 Å². The number of anilines is 1. The van der Waals surface area contributed by atoms with Crippen LogP contribution in [-0.4, -0.2) is 37.0 Å². The lowest BCUT2D eigenvalue weighted by Crippen LogP contribution is -2.30. The number of piperidine rings is 1. The Morgan fingerprint density at radius 2 is 1.61 bits per heavy atom. The first kappa shape index (κ1) is 20.1. The molecule has 1 saturated heterocycles. The number of hydrogen-bond donors (Lipinski definition) is 3. The molecule has 3 rings (SSSR count). The van der Waals surface area contributed by atoms with Gasteiger partial charge in [0.1, 0.15) is 0 Å². The molecule has 0 aliphatic carbocycles. The molecule has 5 heteroatoms. The van der Waals surface area contributed by atoms with Gasteiger partial charge in [0, 0.05) is 24.2 Å². The van der Waals surface area contributed by atoms with Gasteiger partial charge < -0.3 is 15.6 Å². The maximum Gasteiger partial charge on any atom is 0.253 e. The summed E-state index contributed by atoms with van der Waals surface area (Å²) in [6, 6.07) is 16.1. The van der Waals surface area contributed by atoms with Crippen molar-refractivity contribution in [2.75, 3.05) is 31.6 Å². The Morgan fingerprint density at radius 3 is 2.21 bits per heavy atom. The summed E-state index contributed by atoms with van der Waals surface area (Å²) >= 11 is 0. The minimum atomic E-state index is 0.0802. The van der Waals surface area contributed by atoms with Crippen molar-refractivity contribution in [2.24, 2.45) is 5.84 Å². The number of hydrazine groups is 1. The van der Waals surface area contributed by atoms with E-state index in [2.05, 4.69) is 28.9 Å². The summed E-state index contributed by atoms with van der Waals surface area (Å²) in [5, 5.41) is 3.43. The largest absolute Gasteiger partial charge is 0.339 e. The van der Waals surface area contributed by atoms with Crippen molar-refractivity contribution in [3.63, 3.8) is 0 Å². The zero-order valence-corrected chi connectivity index (χ0v) is 16.8. The smallest absolute Gasteiger partial charge is 0.253 e. The van der Waals surface area contributed by atoms with E-state index in [0.717, 1.165) is 61.4 Å². The Kier molecular flexibility index (Phi) is 6.85. The Hall–Kier alpha value is -2.63. The van der Waals surface area contributed by atoms with Gasteiger partial charge in [-0.3, -0.25) is 10.6 Å². The molecule has 2 aromatic carbocycles. The second-order valence-electron chi connectivity index (χ2n) is 6.97. The third-order valence-corrected chi connectivity index (χ3v) is 5.38. The monoisotopic (exact) mass is 378 g/mol. The summed E-state index contributed by atoms with van der Waals surface area (Å²) in [4.78, 5) is 14.5. The Balaban J connectivity index is 2.03. The van der Waals surface area contributed by atoms with E-state index in [4.69, 9.17) is 5.84 Å². The van der Waals surface area contributed by atoms with E-state index in [0.29, 0.717) is 0 Å². The summed E-state index contributed by atoms with van der Waals surface area (Å²) in [5.41, 5.74) is 9.33. The summed E-state index contributed by atoms with van der Waals surface area (Å²) < 4.78 is 0. The van der Waals surface area contributed by atoms with Crippen molar-refractivity contribution in [1.29, 1.82) is 0 Å². The molecule has 1 aliphatic heterocycles. The van der Waals surface area contributed by atoms with Gasteiger partial charge in [-0.1, -0.05) is 35.9 Å². The first-order valence-corrected chi connectivity index (χ1v) is 10.1. The molecule has 1 aliphatic rings. The number of carbonyl (C=O) groups is 1.